The minimum atomic E-state index is 0.505. The Balaban J connectivity index is 1.40. The quantitative estimate of drug-likeness (QED) is 0.391. The van der Waals surface area contributed by atoms with E-state index in [1.54, 1.807) is 11.1 Å². The second-order valence-electron chi connectivity index (χ2n) is 11.8. The highest BCUT2D eigenvalue weighted by Crippen LogP contribution is 2.51. The molecule has 31 heavy (non-hydrogen) atoms. The van der Waals surface area contributed by atoms with Crippen LogP contribution in [0, 0.1) is 23.7 Å². The normalized spacial score (nSPS) is 31.4. The van der Waals surface area contributed by atoms with Crippen molar-refractivity contribution in [3.63, 3.8) is 0 Å². The van der Waals surface area contributed by atoms with Crippen LogP contribution in [-0.2, 0) is 11.8 Å². The molecule has 0 amide bonds. The van der Waals surface area contributed by atoms with Crippen LogP contribution in [0.15, 0.2) is 24.3 Å². The number of aryl methyl sites for hydroxylation is 1. The molecule has 0 heterocycles. The Morgan fingerprint density at radius 3 is 2.03 bits per heavy atom. The molecule has 0 bridgehead atoms. The Labute approximate surface area is 194 Å². The third-order valence-corrected chi connectivity index (χ3v) is 9.96. The Morgan fingerprint density at radius 1 is 0.742 bits per heavy atom. The van der Waals surface area contributed by atoms with Gasteiger partial charge < -0.3 is 0 Å². The van der Waals surface area contributed by atoms with Crippen LogP contribution >= 0.6 is 0 Å². The fraction of sp³-hybridized carbons (Fsp3) is 0.806. The molecule has 1 aromatic rings. The maximum atomic E-state index is 2.68. The summed E-state index contributed by atoms with van der Waals surface area (Å²) in [5.74, 6) is 3.98. The molecule has 0 radical (unpaired) electrons. The summed E-state index contributed by atoms with van der Waals surface area (Å²) in [6.07, 6.45) is 26.2. The summed E-state index contributed by atoms with van der Waals surface area (Å²) in [7, 11) is 0. The Hall–Kier alpha value is -0.780. The number of hydrogen-bond donors (Lipinski definition) is 0. The highest BCUT2D eigenvalue weighted by Gasteiger charge is 2.42. The first-order valence-corrected chi connectivity index (χ1v) is 14.3. The summed E-state index contributed by atoms with van der Waals surface area (Å²) in [5.41, 5.74) is 3.88. The van der Waals surface area contributed by atoms with Gasteiger partial charge >= 0.3 is 0 Å². The van der Waals surface area contributed by atoms with Crippen molar-refractivity contribution in [2.45, 2.75) is 135 Å². The van der Waals surface area contributed by atoms with Crippen molar-refractivity contribution in [1.82, 2.24) is 0 Å². The van der Waals surface area contributed by atoms with Crippen LogP contribution in [0.2, 0.25) is 0 Å². The average Bonchev–Trinajstić information content (AvgIpc) is 2.84. The molecule has 174 valence electrons. The Bertz CT molecular complexity index is 636. The van der Waals surface area contributed by atoms with Crippen molar-refractivity contribution >= 4 is 0 Å². The van der Waals surface area contributed by atoms with E-state index in [0.717, 1.165) is 23.7 Å². The zero-order valence-electron chi connectivity index (χ0n) is 20.8. The number of hydrogen-bond acceptors (Lipinski definition) is 0. The van der Waals surface area contributed by atoms with E-state index in [2.05, 4.69) is 38.1 Å². The fourth-order valence-corrected chi connectivity index (χ4v) is 7.86. The second-order valence-corrected chi connectivity index (χ2v) is 11.8. The van der Waals surface area contributed by atoms with Gasteiger partial charge in [0.15, 0.2) is 0 Å². The number of benzene rings is 1. The Morgan fingerprint density at radius 2 is 1.39 bits per heavy atom. The molecule has 0 nitrogen and oxygen atoms in total. The topological polar surface area (TPSA) is 0 Å². The van der Waals surface area contributed by atoms with Gasteiger partial charge in [0.1, 0.15) is 0 Å². The monoisotopic (exact) mass is 422 g/mol. The van der Waals surface area contributed by atoms with Crippen LogP contribution < -0.4 is 0 Å². The van der Waals surface area contributed by atoms with E-state index < -0.39 is 0 Å². The van der Waals surface area contributed by atoms with Crippen LogP contribution in [0.25, 0.3) is 0 Å². The van der Waals surface area contributed by atoms with Crippen LogP contribution in [0.4, 0.5) is 0 Å². The largest absolute Gasteiger partial charge is 0.0654 e. The predicted octanol–water partition coefficient (Wildman–Crippen LogP) is 9.64. The van der Waals surface area contributed by atoms with Crippen LogP contribution in [0.1, 0.15) is 134 Å². The summed E-state index contributed by atoms with van der Waals surface area (Å²) < 4.78 is 0. The molecule has 0 N–H and O–H groups in total. The van der Waals surface area contributed by atoms with Crippen LogP contribution in [0.5, 0.6) is 0 Å². The molecular formula is C31H50. The van der Waals surface area contributed by atoms with Gasteiger partial charge in [-0.05, 0) is 78.7 Å². The van der Waals surface area contributed by atoms with E-state index in [0.29, 0.717) is 5.41 Å². The van der Waals surface area contributed by atoms with Gasteiger partial charge in [-0.15, -0.1) is 0 Å². The van der Waals surface area contributed by atoms with E-state index in [-0.39, 0.29) is 0 Å². The highest BCUT2D eigenvalue weighted by molar-refractivity contribution is 5.32. The van der Waals surface area contributed by atoms with Gasteiger partial charge in [0.2, 0.25) is 0 Å². The molecule has 1 aromatic carbocycles. The Kier molecular flexibility index (Phi) is 8.58. The molecule has 0 saturated heterocycles. The zero-order valence-corrected chi connectivity index (χ0v) is 20.8. The minimum absolute atomic E-state index is 0.505. The van der Waals surface area contributed by atoms with Gasteiger partial charge in [-0.25, -0.2) is 0 Å². The SMILES string of the molecule is CCCC1CCC(CCc2cccc(C3(C4CCC(CC)CC4)CCCCC3)c2)CC1. The van der Waals surface area contributed by atoms with E-state index >= 15 is 0 Å². The lowest BCUT2D eigenvalue weighted by molar-refractivity contribution is 0.126. The standard InChI is InChI=1S/C31H50/c1-3-9-26-12-14-27(15-13-26)16-17-28-10-8-11-30(24-28)31(22-6-5-7-23-31)29-20-18-25(4-2)19-21-29/h8,10-11,24-27,29H,3-7,9,12-23H2,1-2H3. The van der Waals surface area contributed by atoms with E-state index in [1.165, 1.54) is 116 Å². The van der Waals surface area contributed by atoms with E-state index in [4.69, 9.17) is 0 Å². The maximum Gasteiger partial charge on any atom is -0.00186 e. The van der Waals surface area contributed by atoms with Gasteiger partial charge in [-0.2, -0.15) is 0 Å². The predicted molar refractivity (Wildman–Crippen MR) is 136 cm³/mol. The van der Waals surface area contributed by atoms with Crippen molar-refractivity contribution in [1.29, 1.82) is 0 Å². The summed E-state index contributed by atoms with van der Waals surface area (Å²) >= 11 is 0. The summed E-state index contributed by atoms with van der Waals surface area (Å²) in [5, 5.41) is 0. The first-order chi connectivity index (χ1) is 15.2. The molecule has 3 aliphatic rings. The highest BCUT2D eigenvalue weighted by atomic mass is 14.5. The zero-order chi connectivity index (χ0) is 21.5. The molecular weight excluding hydrogens is 372 g/mol. The van der Waals surface area contributed by atoms with Gasteiger partial charge in [-0.3, -0.25) is 0 Å². The lowest BCUT2D eigenvalue weighted by Gasteiger charge is -2.47. The van der Waals surface area contributed by atoms with Gasteiger partial charge in [0.25, 0.3) is 0 Å². The first-order valence-electron chi connectivity index (χ1n) is 14.3. The summed E-state index contributed by atoms with van der Waals surface area (Å²) in [6.45, 7) is 4.76. The molecule has 0 atom stereocenters. The van der Waals surface area contributed by atoms with Gasteiger partial charge in [-0.1, -0.05) is 115 Å². The van der Waals surface area contributed by atoms with Crippen LogP contribution in [0.3, 0.4) is 0 Å². The molecule has 0 unspecified atom stereocenters. The third kappa shape index (κ3) is 5.78. The van der Waals surface area contributed by atoms with E-state index in [1.807, 2.05) is 0 Å². The third-order valence-electron chi connectivity index (χ3n) is 9.96. The molecule has 0 aromatic heterocycles. The van der Waals surface area contributed by atoms with Gasteiger partial charge in [0, 0.05) is 0 Å². The summed E-state index contributed by atoms with van der Waals surface area (Å²) in [4.78, 5) is 0. The summed E-state index contributed by atoms with van der Waals surface area (Å²) in [6, 6.07) is 10.1. The first kappa shape index (κ1) is 23.4. The lowest BCUT2D eigenvalue weighted by atomic mass is 9.57. The average molecular weight is 423 g/mol. The fourth-order valence-electron chi connectivity index (χ4n) is 7.86. The van der Waals surface area contributed by atoms with E-state index in [9.17, 15) is 0 Å². The molecule has 0 aliphatic heterocycles. The van der Waals surface area contributed by atoms with Crippen molar-refractivity contribution in [3.05, 3.63) is 35.4 Å². The second kappa shape index (κ2) is 11.4. The molecule has 3 aliphatic carbocycles. The van der Waals surface area contributed by atoms with Gasteiger partial charge in [0.05, 0.1) is 0 Å². The van der Waals surface area contributed by atoms with Crippen molar-refractivity contribution in [3.8, 4) is 0 Å². The molecule has 0 heteroatoms. The van der Waals surface area contributed by atoms with Crippen molar-refractivity contribution < 1.29 is 0 Å². The molecule has 3 fully saturated rings. The molecule has 3 saturated carbocycles. The molecule has 0 spiro atoms. The minimum Gasteiger partial charge on any atom is -0.0654 e. The van der Waals surface area contributed by atoms with Crippen molar-refractivity contribution in [2.75, 3.05) is 0 Å². The smallest absolute Gasteiger partial charge is 0.00186 e. The maximum absolute atomic E-state index is 2.68. The molecule has 4 rings (SSSR count). The number of rotatable bonds is 8. The lowest BCUT2D eigenvalue weighted by Crippen LogP contribution is -2.39. The van der Waals surface area contributed by atoms with Crippen molar-refractivity contribution in [2.24, 2.45) is 23.7 Å². The van der Waals surface area contributed by atoms with Crippen LogP contribution in [-0.4, -0.2) is 0 Å².